The molecule has 0 aliphatic carbocycles. The molecule has 1 aromatic heterocycles. The number of anilines is 1. The Labute approximate surface area is 119 Å². The normalized spacial score (nSPS) is 10.5. The number of fused-ring (bicyclic) bond motifs is 1. The number of nitrogens with zero attached hydrogens (tertiary/aromatic N) is 1. The zero-order valence-corrected chi connectivity index (χ0v) is 10.9. The van der Waals surface area contributed by atoms with Gasteiger partial charge in [0, 0.05) is 28.9 Å². The van der Waals surface area contributed by atoms with Gasteiger partial charge in [-0.15, -0.1) is 0 Å². The molecule has 0 aliphatic heterocycles. The average molecular weight is 282 g/mol. The summed E-state index contributed by atoms with van der Waals surface area (Å²) in [6, 6.07) is 10.4. The number of aromatic nitrogens is 1. The van der Waals surface area contributed by atoms with Gasteiger partial charge < -0.3 is 10.4 Å². The first kappa shape index (κ1) is 13.1. The smallest absolute Gasteiger partial charge is 0.259 e. The Morgan fingerprint density at radius 1 is 1.19 bits per heavy atom. The maximum Gasteiger partial charge on any atom is 0.259 e. The summed E-state index contributed by atoms with van der Waals surface area (Å²) in [6.07, 6.45) is 3.31. The number of carbonyl (C=O) groups is 1. The van der Waals surface area contributed by atoms with Crippen LogP contribution in [0.2, 0.25) is 0 Å². The van der Waals surface area contributed by atoms with Gasteiger partial charge in [-0.2, -0.15) is 0 Å². The number of nitrogens with one attached hydrogen (secondary N) is 1. The lowest BCUT2D eigenvalue weighted by Crippen LogP contribution is -2.12. The SMILES string of the molecule is O=C(Nc1cccc2cnccc12)c1cc(F)ccc1O. The Morgan fingerprint density at radius 2 is 2.05 bits per heavy atom. The van der Waals surface area contributed by atoms with Crippen LogP contribution >= 0.6 is 0 Å². The van der Waals surface area contributed by atoms with Crippen LogP contribution in [0.15, 0.2) is 54.9 Å². The van der Waals surface area contributed by atoms with Crippen LogP contribution in [-0.2, 0) is 0 Å². The van der Waals surface area contributed by atoms with Gasteiger partial charge in [0.1, 0.15) is 11.6 Å². The van der Waals surface area contributed by atoms with E-state index >= 15 is 0 Å². The van der Waals surface area contributed by atoms with E-state index in [0.29, 0.717) is 5.69 Å². The average Bonchev–Trinajstić information content (AvgIpc) is 2.50. The molecule has 0 bridgehead atoms. The minimum Gasteiger partial charge on any atom is -0.507 e. The Kier molecular flexibility index (Phi) is 3.23. The lowest BCUT2D eigenvalue weighted by atomic mass is 10.1. The number of benzene rings is 2. The molecule has 104 valence electrons. The molecule has 2 N–H and O–H groups in total. The van der Waals surface area contributed by atoms with E-state index in [4.69, 9.17) is 0 Å². The fourth-order valence-corrected chi connectivity index (χ4v) is 2.11. The monoisotopic (exact) mass is 282 g/mol. The summed E-state index contributed by atoms with van der Waals surface area (Å²) in [5.74, 6) is -1.42. The van der Waals surface area contributed by atoms with E-state index in [1.54, 1.807) is 30.6 Å². The molecule has 4 nitrogen and oxygen atoms in total. The molecule has 3 rings (SSSR count). The molecule has 0 saturated carbocycles. The van der Waals surface area contributed by atoms with Crippen molar-refractivity contribution in [1.29, 1.82) is 0 Å². The van der Waals surface area contributed by atoms with Gasteiger partial charge in [-0.3, -0.25) is 9.78 Å². The Morgan fingerprint density at radius 3 is 2.90 bits per heavy atom. The second kappa shape index (κ2) is 5.20. The van der Waals surface area contributed by atoms with Crippen molar-refractivity contribution in [1.82, 2.24) is 4.98 Å². The minimum atomic E-state index is -0.583. The maximum absolute atomic E-state index is 13.2. The summed E-state index contributed by atoms with van der Waals surface area (Å²) < 4.78 is 13.2. The highest BCUT2D eigenvalue weighted by molar-refractivity contribution is 6.10. The van der Waals surface area contributed by atoms with Crippen molar-refractivity contribution in [2.45, 2.75) is 0 Å². The largest absolute Gasteiger partial charge is 0.507 e. The molecule has 0 fully saturated rings. The van der Waals surface area contributed by atoms with Crippen LogP contribution in [0.1, 0.15) is 10.4 Å². The first-order valence-electron chi connectivity index (χ1n) is 6.28. The van der Waals surface area contributed by atoms with E-state index in [2.05, 4.69) is 10.3 Å². The van der Waals surface area contributed by atoms with Gasteiger partial charge in [0.25, 0.3) is 5.91 Å². The minimum absolute atomic E-state index is 0.110. The summed E-state index contributed by atoms with van der Waals surface area (Å²) in [5.41, 5.74) is 0.463. The molecular weight excluding hydrogens is 271 g/mol. The predicted molar refractivity (Wildman–Crippen MR) is 77.8 cm³/mol. The molecule has 1 heterocycles. The van der Waals surface area contributed by atoms with E-state index in [1.165, 1.54) is 0 Å². The second-order valence-corrected chi connectivity index (χ2v) is 4.52. The summed E-state index contributed by atoms with van der Waals surface area (Å²) in [5, 5.41) is 14.0. The number of hydrogen-bond acceptors (Lipinski definition) is 3. The van der Waals surface area contributed by atoms with Crippen LogP contribution < -0.4 is 5.32 Å². The second-order valence-electron chi connectivity index (χ2n) is 4.52. The third kappa shape index (κ3) is 2.53. The van der Waals surface area contributed by atoms with Gasteiger partial charge in [-0.05, 0) is 30.3 Å². The third-order valence-corrected chi connectivity index (χ3v) is 3.13. The van der Waals surface area contributed by atoms with Crippen LogP contribution in [0.5, 0.6) is 5.75 Å². The molecule has 2 aromatic carbocycles. The number of aromatic hydroxyl groups is 1. The third-order valence-electron chi connectivity index (χ3n) is 3.13. The number of amides is 1. The van der Waals surface area contributed by atoms with Gasteiger partial charge in [-0.25, -0.2) is 4.39 Å². The van der Waals surface area contributed by atoms with E-state index < -0.39 is 11.7 Å². The number of rotatable bonds is 2. The number of phenolic OH excluding ortho intramolecular Hbond substituents is 1. The fourth-order valence-electron chi connectivity index (χ4n) is 2.11. The van der Waals surface area contributed by atoms with Crippen LogP contribution in [0.3, 0.4) is 0 Å². The number of phenols is 1. The van der Waals surface area contributed by atoms with Crippen molar-refractivity contribution in [3.8, 4) is 5.75 Å². The standard InChI is InChI=1S/C16H11FN2O2/c17-11-4-5-15(20)13(8-11)16(21)19-14-3-1-2-10-9-18-7-6-12(10)14/h1-9,20H,(H,19,21). The molecule has 1 amide bonds. The van der Waals surface area contributed by atoms with Crippen LogP contribution in [-0.4, -0.2) is 16.0 Å². The number of halogens is 1. The first-order valence-corrected chi connectivity index (χ1v) is 6.28. The quantitative estimate of drug-likeness (QED) is 0.757. The highest BCUT2D eigenvalue weighted by Crippen LogP contribution is 2.24. The maximum atomic E-state index is 13.2. The van der Waals surface area contributed by atoms with Crippen molar-refractivity contribution >= 4 is 22.4 Å². The van der Waals surface area contributed by atoms with Crippen molar-refractivity contribution in [2.24, 2.45) is 0 Å². The zero-order valence-electron chi connectivity index (χ0n) is 10.9. The lowest BCUT2D eigenvalue weighted by Gasteiger charge is -2.09. The number of hydrogen-bond donors (Lipinski definition) is 2. The number of carbonyl (C=O) groups excluding carboxylic acids is 1. The van der Waals surface area contributed by atoms with Crippen LogP contribution in [0.4, 0.5) is 10.1 Å². The van der Waals surface area contributed by atoms with Crippen molar-refractivity contribution in [3.05, 3.63) is 66.2 Å². The Balaban J connectivity index is 1.99. The van der Waals surface area contributed by atoms with E-state index in [9.17, 15) is 14.3 Å². The van der Waals surface area contributed by atoms with Crippen LogP contribution in [0, 0.1) is 5.82 Å². The summed E-state index contributed by atoms with van der Waals surface area (Å²) in [7, 11) is 0. The van der Waals surface area contributed by atoms with Gasteiger partial charge in [0.2, 0.25) is 0 Å². The summed E-state index contributed by atoms with van der Waals surface area (Å²) in [6.45, 7) is 0. The van der Waals surface area contributed by atoms with Gasteiger partial charge in [-0.1, -0.05) is 12.1 Å². The number of pyridine rings is 1. The molecule has 0 atom stereocenters. The molecular formula is C16H11FN2O2. The van der Waals surface area contributed by atoms with Gasteiger partial charge in [0.15, 0.2) is 0 Å². The summed E-state index contributed by atoms with van der Waals surface area (Å²) >= 11 is 0. The summed E-state index contributed by atoms with van der Waals surface area (Å²) in [4.78, 5) is 16.2. The fraction of sp³-hybridized carbons (Fsp3) is 0. The highest BCUT2D eigenvalue weighted by atomic mass is 19.1. The van der Waals surface area contributed by atoms with Gasteiger partial charge >= 0.3 is 0 Å². The predicted octanol–water partition coefficient (Wildman–Crippen LogP) is 3.33. The molecule has 5 heteroatoms. The molecule has 0 unspecified atom stereocenters. The highest BCUT2D eigenvalue weighted by Gasteiger charge is 2.13. The van der Waals surface area contributed by atoms with Crippen molar-refractivity contribution in [3.63, 3.8) is 0 Å². The lowest BCUT2D eigenvalue weighted by molar-refractivity contribution is 0.102. The molecule has 0 radical (unpaired) electrons. The van der Waals surface area contributed by atoms with E-state index in [1.807, 2.05) is 6.07 Å². The molecule has 3 aromatic rings. The van der Waals surface area contributed by atoms with E-state index in [0.717, 1.165) is 29.0 Å². The molecule has 0 saturated heterocycles. The van der Waals surface area contributed by atoms with Crippen molar-refractivity contribution in [2.75, 3.05) is 5.32 Å². The van der Waals surface area contributed by atoms with Gasteiger partial charge in [0.05, 0.1) is 5.56 Å². The zero-order chi connectivity index (χ0) is 14.8. The molecule has 0 spiro atoms. The topological polar surface area (TPSA) is 62.2 Å². The molecule has 0 aliphatic rings. The van der Waals surface area contributed by atoms with Crippen LogP contribution in [0.25, 0.3) is 10.8 Å². The van der Waals surface area contributed by atoms with Crippen molar-refractivity contribution < 1.29 is 14.3 Å². The Hall–Kier alpha value is -2.95. The molecule has 21 heavy (non-hydrogen) atoms. The first-order chi connectivity index (χ1) is 10.1. The Bertz CT molecular complexity index is 828. The van der Waals surface area contributed by atoms with E-state index in [-0.39, 0.29) is 11.3 Å².